The summed E-state index contributed by atoms with van der Waals surface area (Å²) in [6, 6.07) is 9.45. The van der Waals surface area contributed by atoms with E-state index in [0.717, 1.165) is 10.6 Å². The third-order valence-corrected chi connectivity index (χ3v) is 3.30. The lowest BCUT2D eigenvalue weighted by Gasteiger charge is -2.05. The van der Waals surface area contributed by atoms with Gasteiger partial charge in [-0.25, -0.2) is 4.79 Å². The van der Waals surface area contributed by atoms with Gasteiger partial charge in [0.1, 0.15) is 0 Å². The van der Waals surface area contributed by atoms with E-state index in [1.165, 1.54) is 11.3 Å². The molecule has 0 aromatic carbocycles. The average molecular weight is 274 g/mol. The first-order chi connectivity index (χ1) is 9.25. The van der Waals surface area contributed by atoms with Crippen molar-refractivity contribution in [2.45, 2.75) is 6.54 Å². The predicted molar refractivity (Wildman–Crippen MR) is 75.9 cm³/mol. The highest BCUT2D eigenvalue weighted by molar-refractivity contribution is 7.10. The molecule has 0 aliphatic rings. The molecule has 4 nitrogen and oxygen atoms in total. The van der Waals surface area contributed by atoms with Crippen LogP contribution in [0.4, 0.5) is 0 Å². The second kappa shape index (κ2) is 6.82. The molecule has 0 spiro atoms. The monoisotopic (exact) mass is 274 g/mol. The van der Waals surface area contributed by atoms with Gasteiger partial charge in [-0.3, -0.25) is 4.98 Å². The Bertz CT molecular complexity index is 550. The number of pyridine rings is 1. The van der Waals surface area contributed by atoms with Gasteiger partial charge in [0.15, 0.2) is 0 Å². The number of nitrogens with one attached hydrogen (secondary N) is 1. The zero-order valence-corrected chi connectivity index (χ0v) is 11.1. The molecule has 2 aromatic rings. The Labute approximate surface area is 115 Å². The minimum Gasteiger partial charge on any atom is -0.478 e. The van der Waals surface area contributed by atoms with E-state index in [-0.39, 0.29) is 0 Å². The van der Waals surface area contributed by atoms with Crippen LogP contribution in [-0.2, 0) is 11.3 Å². The number of nitrogens with zero attached hydrogens (tertiary/aromatic N) is 1. The topological polar surface area (TPSA) is 62.2 Å². The van der Waals surface area contributed by atoms with Crippen LogP contribution in [0, 0.1) is 0 Å². The first kappa shape index (κ1) is 13.5. The van der Waals surface area contributed by atoms with Crippen molar-refractivity contribution < 1.29 is 9.90 Å². The molecule has 2 heterocycles. The van der Waals surface area contributed by atoms with Gasteiger partial charge in [-0.15, -0.1) is 11.3 Å². The molecular weight excluding hydrogens is 260 g/mol. The maximum Gasteiger partial charge on any atom is 0.332 e. The van der Waals surface area contributed by atoms with Crippen molar-refractivity contribution in [3.05, 3.63) is 58.1 Å². The third kappa shape index (κ3) is 4.31. The van der Waals surface area contributed by atoms with Gasteiger partial charge in [-0.2, -0.15) is 0 Å². The zero-order valence-electron chi connectivity index (χ0n) is 10.2. The highest BCUT2D eigenvalue weighted by Crippen LogP contribution is 2.13. The summed E-state index contributed by atoms with van der Waals surface area (Å²) in [5.41, 5.74) is 1.24. The molecule has 98 valence electrons. The van der Waals surface area contributed by atoms with Gasteiger partial charge < -0.3 is 10.4 Å². The Kier molecular flexibility index (Phi) is 4.83. The van der Waals surface area contributed by atoms with Crippen molar-refractivity contribution in [1.29, 1.82) is 0 Å². The molecule has 2 N–H and O–H groups in total. The maximum absolute atomic E-state index is 11.1. The highest BCUT2D eigenvalue weighted by Gasteiger charge is 2.07. The molecule has 0 atom stereocenters. The number of aliphatic carboxylic acids is 1. The van der Waals surface area contributed by atoms with Crippen molar-refractivity contribution in [3.63, 3.8) is 0 Å². The number of aromatic nitrogens is 1. The average Bonchev–Trinajstić information content (AvgIpc) is 2.91. The molecule has 2 rings (SSSR count). The second-order valence-corrected chi connectivity index (χ2v) is 4.89. The van der Waals surface area contributed by atoms with E-state index in [2.05, 4.69) is 10.3 Å². The Hall–Kier alpha value is -1.98. The lowest BCUT2D eigenvalue weighted by atomic mass is 10.2. The van der Waals surface area contributed by atoms with Crippen LogP contribution in [0.15, 0.2) is 47.5 Å². The number of hydrogen-bond donors (Lipinski definition) is 2. The molecular formula is C14H14N2O2S. The lowest BCUT2D eigenvalue weighted by Crippen LogP contribution is -2.20. The summed E-state index contributed by atoms with van der Waals surface area (Å²) in [6.07, 6.45) is 3.41. The van der Waals surface area contributed by atoms with Crippen LogP contribution >= 0.6 is 11.3 Å². The Morgan fingerprint density at radius 2 is 2.26 bits per heavy atom. The van der Waals surface area contributed by atoms with Gasteiger partial charge in [-0.1, -0.05) is 12.1 Å². The van der Waals surface area contributed by atoms with Gasteiger partial charge >= 0.3 is 5.97 Å². The highest BCUT2D eigenvalue weighted by atomic mass is 32.1. The number of rotatable bonds is 6. The summed E-state index contributed by atoms with van der Waals surface area (Å²) in [6.45, 7) is 0.861. The molecule has 19 heavy (non-hydrogen) atoms. The van der Waals surface area contributed by atoms with Crippen LogP contribution in [0.25, 0.3) is 6.08 Å². The van der Waals surface area contributed by atoms with Gasteiger partial charge in [-0.05, 0) is 29.7 Å². The number of hydrogen-bond acceptors (Lipinski definition) is 4. The van der Waals surface area contributed by atoms with E-state index < -0.39 is 5.97 Å². The van der Waals surface area contributed by atoms with E-state index in [1.807, 2.05) is 35.7 Å². The first-order valence-corrected chi connectivity index (χ1v) is 6.71. The normalized spacial score (nSPS) is 11.5. The summed E-state index contributed by atoms with van der Waals surface area (Å²) in [4.78, 5) is 16.3. The summed E-state index contributed by atoms with van der Waals surface area (Å²) < 4.78 is 0. The second-order valence-electron chi connectivity index (χ2n) is 3.91. The minimum atomic E-state index is -0.901. The van der Waals surface area contributed by atoms with E-state index in [0.29, 0.717) is 18.7 Å². The zero-order chi connectivity index (χ0) is 13.5. The van der Waals surface area contributed by atoms with Gasteiger partial charge in [0, 0.05) is 24.2 Å². The summed E-state index contributed by atoms with van der Waals surface area (Å²) in [7, 11) is 0. The lowest BCUT2D eigenvalue weighted by molar-refractivity contribution is -0.132. The molecule has 0 bridgehead atoms. The maximum atomic E-state index is 11.1. The van der Waals surface area contributed by atoms with E-state index >= 15 is 0 Å². The van der Waals surface area contributed by atoms with Crippen LogP contribution in [-0.4, -0.2) is 22.6 Å². The van der Waals surface area contributed by atoms with Gasteiger partial charge in [0.2, 0.25) is 0 Å². The van der Waals surface area contributed by atoms with E-state index in [1.54, 1.807) is 12.3 Å². The van der Waals surface area contributed by atoms with E-state index in [4.69, 9.17) is 5.11 Å². The Balaban J connectivity index is 1.93. The van der Waals surface area contributed by atoms with Crippen LogP contribution < -0.4 is 5.32 Å². The number of thiophene rings is 1. The smallest absolute Gasteiger partial charge is 0.332 e. The molecule has 2 aromatic heterocycles. The minimum absolute atomic E-state index is 0.309. The van der Waals surface area contributed by atoms with Crippen LogP contribution in [0.3, 0.4) is 0 Å². The molecule has 0 aliphatic carbocycles. The molecule has 0 fully saturated rings. The molecule has 0 radical (unpaired) electrons. The summed E-state index contributed by atoms with van der Waals surface area (Å²) in [5.74, 6) is -0.901. The van der Waals surface area contributed by atoms with Crippen LogP contribution in [0.5, 0.6) is 0 Å². The number of carboxylic acids is 1. The fourth-order valence-corrected chi connectivity index (χ4v) is 2.24. The van der Waals surface area contributed by atoms with Crippen molar-refractivity contribution >= 4 is 23.4 Å². The van der Waals surface area contributed by atoms with Crippen molar-refractivity contribution in [2.24, 2.45) is 0 Å². The largest absolute Gasteiger partial charge is 0.478 e. The molecule has 0 aliphatic heterocycles. The number of carboxylic acid groups (broad SMARTS) is 1. The molecule has 0 unspecified atom stereocenters. The van der Waals surface area contributed by atoms with Crippen LogP contribution in [0.1, 0.15) is 10.6 Å². The Morgan fingerprint density at radius 3 is 2.89 bits per heavy atom. The van der Waals surface area contributed by atoms with Crippen molar-refractivity contribution in [2.75, 3.05) is 6.54 Å². The van der Waals surface area contributed by atoms with Crippen molar-refractivity contribution in [3.8, 4) is 0 Å². The number of carbonyl (C=O) groups is 1. The summed E-state index contributed by atoms with van der Waals surface area (Å²) >= 11 is 1.52. The molecule has 0 saturated carbocycles. The van der Waals surface area contributed by atoms with Gasteiger partial charge in [0.25, 0.3) is 0 Å². The standard InChI is InChI=1S/C14H14N2O2S/c17-14(18)11(8-13-5-3-7-19-13)9-15-10-12-4-1-2-6-16-12/h1-8,15H,9-10H2,(H,17,18)/b11-8+. The van der Waals surface area contributed by atoms with Crippen molar-refractivity contribution in [1.82, 2.24) is 10.3 Å². The predicted octanol–water partition coefficient (Wildman–Crippen LogP) is 2.40. The Morgan fingerprint density at radius 1 is 1.37 bits per heavy atom. The SMILES string of the molecule is O=C(O)/C(=C/c1cccs1)CNCc1ccccn1. The fraction of sp³-hybridized carbons (Fsp3) is 0.143. The van der Waals surface area contributed by atoms with Crippen LogP contribution in [0.2, 0.25) is 0 Å². The summed E-state index contributed by atoms with van der Waals surface area (Å²) in [5, 5.41) is 14.2. The molecule has 0 amide bonds. The molecule has 0 saturated heterocycles. The van der Waals surface area contributed by atoms with E-state index in [9.17, 15) is 4.79 Å². The quantitative estimate of drug-likeness (QED) is 0.794. The first-order valence-electron chi connectivity index (χ1n) is 5.83. The van der Waals surface area contributed by atoms with Gasteiger partial charge in [0.05, 0.1) is 11.3 Å². The fourth-order valence-electron chi connectivity index (χ4n) is 1.56. The molecule has 5 heteroatoms. The third-order valence-electron chi connectivity index (χ3n) is 2.48.